The summed E-state index contributed by atoms with van der Waals surface area (Å²) in [6.45, 7) is 4.68. The fourth-order valence-electron chi connectivity index (χ4n) is 3.79. The van der Waals surface area contributed by atoms with Crippen LogP contribution in [0.4, 0.5) is 5.69 Å². The summed E-state index contributed by atoms with van der Waals surface area (Å²) < 4.78 is 0. The van der Waals surface area contributed by atoms with Crippen LogP contribution in [-0.2, 0) is 22.6 Å². The van der Waals surface area contributed by atoms with Crippen molar-refractivity contribution in [3.05, 3.63) is 65.2 Å². The second-order valence-electron chi connectivity index (χ2n) is 8.28. The van der Waals surface area contributed by atoms with Crippen LogP contribution < -0.4 is 16.0 Å². The summed E-state index contributed by atoms with van der Waals surface area (Å²) in [5, 5.41) is 8.28. The van der Waals surface area contributed by atoms with Crippen molar-refractivity contribution in [3.63, 3.8) is 0 Å². The van der Waals surface area contributed by atoms with Gasteiger partial charge in [-0.2, -0.15) is 0 Å². The van der Waals surface area contributed by atoms with Gasteiger partial charge in [-0.05, 0) is 61.3 Å². The van der Waals surface area contributed by atoms with Crippen LogP contribution >= 0.6 is 0 Å². The molecule has 0 radical (unpaired) electrons. The maximum atomic E-state index is 12.7. The number of hydrogen-bond acceptors (Lipinski definition) is 3. The molecule has 0 spiro atoms. The Morgan fingerprint density at radius 1 is 0.871 bits per heavy atom. The summed E-state index contributed by atoms with van der Waals surface area (Å²) in [5.41, 5.74) is 2.87. The van der Waals surface area contributed by atoms with E-state index in [1.165, 1.54) is 5.56 Å². The Morgan fingerprint density at radius 2 is 1.52 bits per heavy atom. The summed E-state index contributed by atoms with van der Waals surface area (Å²) in [6, 6.07) is 14.8. The molecule has 3 amide bonds. The predicted molar refractivity (Wildman–Crippen MR) is 122 cm³/mol. The summed E-state index contributed by atoms with van der Waals surface area (Å²) in [6.07, 6.45) is 4.84. The lowest BCUT2D eigenvalue weighted by Gasteiger charge is -2.26. The Labute approximate surface area is 183 Å². The van der Waals surface area contributed by atoms with E-state index in [1.54, 1.807) is 24.3 Å². The molecule has 164 valence electrons. The van der Waals surface area contributed by atoms with Crippen LogP contribution in [-0.4, -0.2) is 23.8 Å². The summed E-state index contributed by atoms with van der Waals surface area (Å²) in [7, 11) is 0. The molecule has 0 atom stereocenters. The van der Waals surface area contributed by atoms with E-state index in [9.17, 15) is 14.4 Å². The average molecular weight is 422 g/mol. The first-order valence-electron chi connectivity index (χ1n) is 11.0. The van der Waals surface area contributed by atoms with Gasteiger partial charge in [0, 0.05) is 12.6 Å². The van der Waals surface area contributed by atoms with E-state index in [-0.39, 0.29) is 11.9 Å². The molecule has 2 aromatic rings. The number of hydrogen-bond donors (Lipinski definition) is 3. The second-order valence-corrected chi connectivity index (χ2v) is 8.28. The van der Waals surface area contributed by atoms with E-state index < -0.39 is 11.8 Å². The fourth-order valence-corrected chi connectivity index (χ4v) is 3.79. The predicted octanol–water partition coefficient (Wildman–Crippen LogP) is 3.81. The molecule has 3 rings (SSSR count). The number of aryl methyl sites for hydroxylation is 1. The molecule has 1 saturated carbocycles. The Balaban J connectivity index is 1.57. The fraction of sp³-hybridized carbons (Fsp3) is 0.400. The molecule has 0 saturated heterocycles. The van der Waals surface area contributed by atoms with Gasteiger partial charge in [0.05, 0.1) is 11.3 Å². The van der Waals surface area contributed by atoms with Gasteiger partial charge in [0.1, 0.15) is 0 Å². The monoisotopic (exact) mass is 421 g/mol. The third kappa shape index (κ3) is 6.41. The molecule has 2 aromatic carbocycles. The van der Waals surface area contributed by atoms with E-state index in [2.05, 4.69) is 29.8 Å². The number of benzene rings is 2. The molecule has 0 aromatic heterocycles. The first-order valence-corrected chi connectivity index (χ1v) is 11.0. The summed E-state index contributed by atoms with van der Waals surface area (Å²) >= 11 is 0. The maximum absolute atomic E-state index is 12.7. The molecule has 6 heteroatoms. The molecular weight excluding hydrogens is 390 g/mol. The highest BCUT2D eigenvalue weighted by Crippen LogP contribution is 2.23. The van der Waals surface area contributed by atoms with Crippen LogP contribution in [0.3, 0.4) is 0 Å². The van der Waals surface area contributed by atoms with E-state index in [4.69, 9.17) is 0 Å². The molecule has 31 heavy (non-hydrogen) atoms. The van der Waals surface area contributed by atoms with Gasteiger partial charge in [0.2, 0.25) is 0 Å². The number of para-hydroxylation sites is 1. The number of nitrogens with one attached hydrogen (secondary N) is 3. The Kier molecular flexibility index (Phi) is 7.82. The molecule has 3 N–H and O–H groups in total. The average Bonchev–Trinajstić information content (AvgIpc) is 2.79. The number of carbonyl (C=O) groups is 3. The van der Waals surface area contributed by atoms with Crippen molar-refractivity contribution in [1.82, 2.24) is 10.6 Å². The molecule has 0 aliphatic heterocycles. The smallest absolute Gasteiger partial charge is 0.313 e. The molecule has 1 fully saturated rings. The summed E-state index contributed by atoms with van der Waals surface area (Å²) in [5.74, 6) is -1.06. The van der Waals surface area contributed by atoms with Gasteiger partial charge in [-0.15, -0.1) is 0 Å². The highest BCUT2D eigenvalue weighted by molar-refractivity contribution is 6.40. The van der Waals surface area contributed by atoms with Crippen molar-refractivity contribution >= 4 is 23.4 Å². The molecule has 0 heterocycles. The normalized spacial score (nSPS) is 18.1. The summed E-state index contributed by atoms with van der Waals surface area (Å²) in [4.78, 5) is 37.4. The van der Waals surface area contributed by atoms with Gasteiger partial charge >= 0.3 is 11.8 Å². The van der Waals surface area contributed by atoms with Crippen LogP contribution in [0.15, 0.2) is 48.5 Å². The third-order valence-corrected chi connectivity index (χ3v) is 5.86. The second kappa shape index (κ2) is 10.8. The van der Waals surface area contributed by atoms with Crippen molar-refractivity contribution in [2.75, 3.05) is 5.32 Å². The zero-order valence-corrected chi connectivity index (χ0v) is 18.2. The molecule has 0 bridgehead atoms. The Bertz CT molecular complexity index is 916. The van der Waals surface area contributed by atoms with Crippen LogP contribution in [0, 0.1) is 5.92 Å². The topological polar surface area (TPSA) is 87.3 Å². The van der Waals surface area contributed by atoms with Crippen LogP contribution in [0.5, 0.6) is 0 Å². The minimum absolute atomic E-state index is 0.0343. The zero-order chi connectivity index (χ0) is 22.2. The number of amides is 3. The van der Waals surface area contributed by atoms with Gasteiger partial charge in [-0.25, -0.2) is 0 Å². The lowest BCUT2D eigenvalue weighted by Crippen LogP contribution is -2.43. The van der Waals surface area contributed by atoms with Crippen molar-refractivity contribution in [2.24, 2.45) is 5.92 Å². The van der Waals surface area contributed by atoms with Gasteiger partial charge in [-0.1, -0.05) is 50.2 Å². The first kappa shape index (κ1) is 22.5. The maximum Gasteiger partial charge on any atom is 0.313 e. The van der Waals surface area contributed by atoms with Gasteiger partial charge in [0.15, 0.2) is 0 Å². The van der Waals surface area contributed by atoms with Gasteiger partial charge in [0.25, 0.3) is 5.91 Å². The lowest BCUT2D eigenvalue weighted by atomic mass is 9.87. The van der Waals surface area contributed by atoms with Crippen LogP contribution in [0.1, 0.15) is 61.0 Å². The molecule has 1 aliphatic rings. The Morgan fingerprint density at radius 3 is 2.19 bits per heavy atom. The van der Waals surface area contributed by atoms with Crippen molar-refractivity contribution < 1.29 is 14.4 Å². The lowest BCUT2D eigenvalue weighted by molar-refractivity contribution is -0.136. The molecule has 0 unspecified atom stereocenters. The highest BCUT2D eigenvalue weighted by Gasteiger charge is 2.23. The molecule has 1 aliphatic carbocycles. The first-order chi connectivity index (χ1) is 15.0. The van der Waals surface area contributed by atoms with Crippen LogP contribution in [0.25, 0.3) is 0 Å². The minimum Gasteiger partial charge on any atom is -0.348 e. The van der Waals surface area contributed by atoms with E-state index in [1.807, 2.05) is 24.3 Å². The zero-order valence-electron chi connectivity index (χ0n) is 18.2. The van der Waals surface area contributed by atoms with Crippen molar-refractivity contribution in [2.45, 2.75) is 58.5 Å². The molecular formula is C25H31N3O3. The standard InChI is InChI=1S/C25H31N3O3/c1-3-18-10-12-19(13-11-18)16-26-23(29)21-6-4-5-7-22(21)28-25(31)24(30)27-20-14-8-17(2)9-15-20/h4-7,10-13,17,20H,3,8-9,14-16H2,1-2H3,(H,26,29)(H,27,30)(H,28,31). The van der Waals surface area contributed by atoms with E-state index in [0.717, 1.165) is 37.7 Å². The van der Waals surface area contributed by atoms with Crippen LogP contribution in [0.2, 0.25) is 0 Å². The van der Waals surface area contributed by atoms with E-state index in [0.29, 0.717) is 23.7 Å². The number of rotatable bonds is 6. The highest BCUT2D eigenvalue weighted by atomic mass is 16.2. The number of anilines is 1. The van der Waals surface area contributed by atoms with Crippen molar-refractivity contribution in [3.8, 4) is 0 Å². The minimum atomic E-state index is -0.756. The van der Waals surface area contributed by atoms with E-state index >= 15 is 0 Å². The van der Waals surface area contributed by atoms with Crippen molar-refractivity contribution in [1.29, 1.82) is 0 Å². The van der Waals surface area contributed by atoms with Gasteiger partial charge in [-0.3, -0.25) is 14.4 Å². The SMILES string of the molecule is CCc1ccc(CNC(=O)c2ccccc2NC(=O)C(=O)NC2CCC(C)CC2)cc1. The number of carbonyl (C=O) groups excluding carboxylic acids is 3. The van der Waals surface area contributed by atoms with Gasteiger partial charge < -0.3 is 16.0 Å². The third-order valence-electron chi connectivity index (χ3n) is 5.86. The Hall–Kier alpha value is -3.15. The largest absolute Gasteiger partial charge is 0.348 e. The molecule has 6 nitrogen and oxygen atoms in total. The quantitative estimate of drug-likeness (QED) is 0.620.